The Balaban J connectivity index is 1.29. The highest BCUT2D eigenvalue weighted by atomic mass is 19.1. The van der Waals surface area contributed by atoms with Gasteiger partial charge in [0.2, 0.25) is 5.91 Å². The fourth-order valence-electron chi connectivity index (χ4n) is 5.22. The van der Waals surface area contributed by atoms with E-state index in [1.165, 1.54) is 30.2 Å². The van der Waals surface area contributed by atoms with E-state index in [0.717, 1.165) is 37.5 Å². The third kappa shape index (κ3) is 4.24. The topological polar surface area (TPSA) is 49.6 Å². The number of halogens is 1. The van der Waals surface area contributed by atoms with E-state index in [2.05, 4.69) is 35.4 Å². The number of para-hydroxylation sites is 1. The fourth-order valence-corrected chi connectivity index (χ4v) is 5.22. The van der Waals surface area contributed by atoms with Gasteiger partial charge in [-0.2, -0.15) is 0 Å². The quantitative estimate of drug-likeness (QED) is 0.773. The van der Waals surface area contributed by atoms with Crippen LogP contribution in [-0.4, -0.2) is 29.9 Å². The SMILES string of the molecule is N[C@@H](CC(=O)N1CCC/C1=C\N1CCC2CC2c2ccccc21)Cc1ccccc1F. The van der Waals surface area contributed by atoms with Gasteiger partial charge in [0.25, 0.3) is 0 Å². The fraction of sp³-hybridized carbons (Fsp3) is 0.423. The smallest absolute Gasteiger partial charge is 0.228 e. The first-order chi connectivity index (χ1) is 15.1. The van der Waals surface area contributed by atoms with Crippen LogP contribution >= 0.6 is 0 Å². The van der Waals surface area contributed by atoms with Crippen LogP contribution in [0.25, 0.3) is 0 Å². The number of hydrogen-bond acceptors (Lipinski definition) is 3. The second-order valence-corrected chi connectivity index (χ2v) is 9.17. The summed E-state index contributed by atoms with van der Waals surface area (Å²) in [6, 6.07) is 15.0. The van der Waals surface area contributed by atoms with Crippen molar-refractivity contribution < 1.29 is 9.18 Å². The first kappa shape index (κ1) is 20.3. The number of carbonyl (C=O) groups excluding carboxylic acids is 1. The summed E-state index contributed by atoms with van der Waals surface area (Å²) in [7, 11) is 0. The molecule has 3 atom stereocenters. The minimum atomic E-state index is -0.391. The highest BCUT2D eigenvalue weighted by Crippen LogP contribution is 2.54. The molecule has 0 bridgehead atoms. The monoisotopic (exact) mass is 419 g/mol. The molecular weight excluding hydrogens is 389 g/mol. The Morgan fingerprint density at radius 2 is 1.97 bits per heavy atom. The molecule has 3 aliphatic rings. The van der Waals surface area contributed by atoms with E-state index in [9.17, 15) is 9.18 Å². The van der Waals surface area contributed by atoms with Crippen molar-refractivity contribution in [3.05, 3.63) is 77.4 Å². The second-order valence-electron chi connectivity index (χ2n) is 9.17. The lowest BCUT2D eigenvalue weighted by Crippen LogP contribution is -2.35. The van der Waals surface area contributed by atoms with Crippen LogP contribution in [0.15, 0.2) is 60.4 Å². The molecule has 1 saturated carbocycles. The Morgan fingerprint density at radius 1 is 1.16 bits per heavy atom. The molecule has 31 heavy (non-hydrogen) atoms. The van der Waals surface area contributed by atoms with Crippen molar-refractivity contribution in [2.24, 2.45) is 11.7 Å². The molecule has 0 spiro atoms. The second kappa shape index (κ2) is 8.46. The van der Waals surface area contributed by atoms with Gasteiger partial charge in [-0.3, -0.25) is 4.79 Å². The molecule has 2 aromatic rings. The first-order valence-corrected chi connectivity index (χ1v) is 11.5. The van der Waals surface area contributed by atoms with Gasteiger partial charge in [0, 0.05) is 43.1 Å². The zero-order chi connectivity index (χ0) is 21.4. The molecule has 0 aromatic heterocycles. The van der Waals surface area contributed by atoms with Gasteiger partial charge in [0.1, 0.15) is 5.82 Å². The number of anilines is 1. The number of allylic oxidation sites excluding steroid dienone is 1. The molecule has 2 heterocycles. The van der Waals surface area contributed by atoms with E-state index < -0.39 is 6.04 Å². The summed E-state index contributed by atoms with van der Waals surface area (Å²) in [5.74, 6) is 1.29. The van der Waals surface area contributed by atoms with E-state index in [4.69, 9.17) is 5.73 Å². The highest BCUT2D eigenvalue weighted by molar-refractivity contribution is 5.79. The minimum Gasteiger partial charge on any atom is -0.346 e. The average Bonchev–Trinajstić information content (AvgIpc) is 3.42. The van der Waals surface area contributed by atoms with Crippen LogP contribution in [-0.2, 0) is 11.2 Å². The molecular formula is C26H30FN3O. The van der Waals surface area contributed by atoms with Crippen LogP contribution in [0.4, 0.5) is 10.1 Å². The number of hydrogen-bond donors (Lipinski definition) is 1. The van der Waals surface area contributed by atoms with Gasteiger partial charge in [-0.15, -0.1) is 0 Å². The maximum atomic E-state index is 13.9. The Kier molecular flexibility index (Phi) is 5.53. The number of amides is 1. The molecule has 1 aliphatic carbocycles. The highest BCUT2D eigenvalue weighted by Gasteiger charge is 2.42. The van der Waals surface area contributed by atoms with Crippen molar-refractivity contribution in [3.8, 4) is 0 Å². The molecule has 2 aromatic carbocycles. The molecule has 1 saturated heterocycles. The third-order valence-corrected chi connectivity index (χ3v) is 6.95. The van der Waals surface area contributed by atoms with Gasteiger partial charge in [-0.05, 0) is 67.2 Å². The van der Waals surface area contributed by atoms with Gasteiger partial charge in [-0.25, -0.2) is 4.39 Å². The number of fused-ring (bicyclic) bond motifs is 3. The minimum absolute atomic E-state index is 0.0403. The van der Waals surface area contributed by atoms with Crippen molar-refractivity contribution >= 4 is 11.6 Å². The predicted molar refractivity (Wildman–Crippen MR) is 121 cm³/mol. The van der Waals surface area contributed by atoms with E-state index in [1.807, 2.05) is 4.90 Å². The Morgan fingerprint density at radius 3 is 2.84 bits per heavy atom. The van der Waals surface area contributed by atoms with Gasteiger partial charge < -0.3 is 15.5 Å². The summed E-state index contributed by atoms with van der Waals surface area (Å²) < 4.78 is 13.9. The zero-order valence-corrected chi connectivity index (χ0v) is 17.8. The molecule has 162 valence electrons. The van der Waals surface area contributed by atoms with E-state index in [0.29, 0.717) is 17.9 Å². The van der Waals surface area contributed by atoms with E-state index in [1.54, 1.807) is 18.2 Å². The zero-order valence-electron chi connectivity index (χ0n) is 17.8. The molecule has 4 nitrogen and oxygen atoms in total. The Bertz CT molecular complexity index is 1000. The third-order valence-electron chi connectivity index (χ3n) is 6.95. The molecule has 2 fully saturated rings. The van der Waals surface area contributed by atoms with Crippen molar-refractivity contribution in [1.82, 2.24) is 4.90 Å². The number of rotatable bonds is 5. The van der Waals surface area contributed by atoms with Gasteiger partial charge in [-0.1, -0.05) is 36.4 Å². The van der Waals surface area contributed by atoms with Crippen LogP contribution in [0.1, 0.15) is 49.1 Å². The Hall–Kier alpha value is -2.66. The van der Waals surface area contributed by atoms with Crippen molar-refractivity contribution in [2.75, 3.05) is 18.0 Å². The molecule has 0 radical (unpaired) electrons. The van der Waals surface area contributed by atoms with Gasteiger partial charge in [0.15, 0.2) is 0 Å². The summed E-state index contributed by atoms with van der Waals surface area (Å²) in [5.41, 5.74) is 10.6. The summed E-state index contributed by atoms with van der Waals surface area (Å²) >= 11 is 0. The molecule has 2 unspecified atom stereocenters. The Labute approximate surface area is 183 Å². The first-order valence-electron chi connectivity index (χ1n) is 11.5. The van der Waals surface area contributed by atoms with Crippen molar-refractivity contribution in [2.45, 2.75) is 50.5 Å². The molecule has 2 N–H and O–H groups in total. The van der Waals surface area contributed by atoms with E-state index in [-0.39, 0.29) is 18.1 Å². The van der Waals surface area contributed by atoms with E-state index >= 15 is 0 Å². The molecule has 2 aliphatic heterocycles. The van der Waals surface area contributed by atoms with Crippen LogP contribution < -0.4 is 10.6 Å². The lowest BCUT2D eigenvalue weighted by molar-refractivity contribution is -0.129. The normalized spacial score (nSPS) is 24.5. The van der Waals surface area contributed by atoms with Crippen LogP contribution in [0.2, 0.25) is 0 Å². The van der Waals surface area contributed by atoms with Gasteiger partial charge >= 0.3 is 0 Å². The summed E-state index contributed by atoms with van der Waals surface area (Å²) in [6.07, 6.45) is 7.17. The number of benzene rings is 2. The molecule has 5 rings (SSSR count). The maximum absolute atomic E-state index is 13.9. The maximum Gasteiger partial charge on any atom is 0.228 e. The largest absolute Gasteiger partial charge is 0.346 e. The lowest BCUT2D eigenvalue weighted by atomic mass is 10.0. The number of nitrogens with zero attached hydrogens (tertiary/aromatic N) is 2. The average molecular weight is 420 g/mol. The number of likely N-dealkylation sites (tertiary alicyclic amines) is 1. The lowest BCUT2D eigenvalue weighted by Gasteiger charge is -2.26. The van der Waals surface area contributed by atoms with Crippen LogP contribution in [0.5, 0.6) is 0 Å². The number of carbonyl (C=O) groups is 1. The standard InChI is InChI=1S/C26H30FN3O/c27-24-9-3-1-6-19(24)14-20(28)16-26(31)30-12-5-7-21(30)17-29-13-11-18-15-23(18)22-8-2-4-10-25(22)29/h1-4,6,8-10,17-18,20,23H,5,7,11-16,28H2/b21-17+/t18?,20-,23?/m1/s1. The summed E-state index contributed by atoms with van der Waals surface area (Å²) in [6.45, 7) is 1.73. The summed E-state index contributed by atoms with van der Waals surface area (Å²) in [4.78, 5) is 17.3. The van der Waals surface area contributed by atoms with Crippen LogP contribution in [0.3, 0.4) is 0 Å². The molecule has 5 heteroatoms. The van der Waals surface area contributed by atoms with Crippen molar-refractivity contribution in [3.63, 3.8) is 0 Å². The predicted octanol–water partition coefficient (Wildman–Crippen LogP) is 4.56. The number of nitrogens with two attached hydrogens (primary N) is 1. The summed E-state index contributed by atoms with van der Waals surface area (Å²) in [5, 5.41) is 0. The van der Waals surface area contributed by atoms with Gasteiger partial charge in [0.05, 0.1) is 0 Å². The van der Waals surface area contributed by atoms with Crippen LogP contribution in [0, 0.1) is 11.7 Å². The molecule has 1 amide bonds. The van der Waals surface area contributed by atoms with Crippen molar-refractivity contribution in [1.29, 1.82) is 0 Å².